The number of ether oxygens (including phenoxy) is 1. The molecule has 2 aromatic carbocycles. The van der Waals surface area contributed by atoms with Gasteiger partial charge in [0, 0.05) is 18.5 Å². The van der Waals surface area contributed by atoms with E-state index in [0.717, 1.165) is 46.0 Å². The molecule has 1 heterocycles. The van der Waals surface area contributed by atoms with Crippen molar-refractivity contribution < 1.29 is 31.1 Å². The van der Waals surface area contributed by atoms with Crippen molar-refractivity contribution >= 4 is 21.4 Å². The van der Waals surface area contributed by atoms with E-state index in [1.807, 2.05) is 0 Å². The number of halogens is 3. The topological polar surface area (TPSA) is 63.7 Å². The number of amides is 1. The highest BCUT2D eigenvalue weighted by molar-refractivity contribution is 7.90. The number of hydrogen-bond donors (Lipinski definition) is 0. The van der Waals surface area contributed by atoms with Crippen LogP contribution >= 0.6 is 0 Å². The molecule has 9 heteroatoms. The minimum absolute atomic E-state index is 0.130. The third-order valence-electron chi connectivity index (χ3n) is 6.35. The van der Waals surface area contributed by atoms with Crippen molar-refractivity contribution in [1.82, 2.24) is 0 Å². The number of anilines is 1. The quantitative estimate of drug-likeness (QED) is 0.378. The smallest absolute Gasteiger partial charge is 0.427 e. The van der Waals surface area contributed by atoms with Crippen LogP contribution in [-0.4, -0.2) is 38.9 Å². The second-order valence-corrected chi connectivity index (χ2v) is 11.7. The lowest BCUT2D eigenvalue weighted by Gasteiger charge is -2.29. The van der Waals surface area contributed by atoms with Gasteiger partial charge < -0.3 is 9.64 Å². The third-order valence-corrected chi connectivity index (χ3v) is 7.47. The molecule has 3 rings (SSSR count). The van der Waals surface area contributed by atoms with Crippen LogP contribution in [0.2, 0.25) is 0 Å². The summed E-state index contributed by atoms with van der Waals surface area (Å²) in [5, 5.41) is 0. The molecular formula is C27H36F3NO4S. The molecule has 200 valence electrons. The molecule has 0 unspecified atom stereocenters. The van der Waals surface area contributed by atoms with Crippen molar-refractivity contribution in [2.45, 2.75) is 76.5 Å². The summed E-state index contributed by atoms with van der Waals surface area (Å²) in [6, 6.07) is 14.7. The van der Waals surface area contributed by atoms with Crippen molar-refractivity contribution in [2.75, 3.05) is 17.7 Å². The van der Waals surface area contributed by atoms with E-state index in [2.05, 4.69) is 13.8 Å². The summed E-state index contributed by atoms with van der Waals surface area (Å²) in [4.78, 5) is 15.1. The zero-order valence-electron chi connectivity index (χ0n) is 21.6. The standard InChI is InChI=1S/C20H28F3NO2.C7H8O2S/c1-5-11-19(12-6-2)13-14-24(17(19)25)15-7-9-16(10-8-15)26-18(3,4)20(21,22)23;1-10(8,9)7-5-3-2-4-6-7/h7-10H,5-6,11-14H2,1-4H3;2-6H,1H3. The van der Waals surface area contributed by atoms with E-state index in [1.54, 1.807) is 47.4 Å². The first-order valence-electron chi connectivity index (χ1n) is 12.1. The van der Waals surface area contributed by atoms with Crippen molar-refractivity contribution in [3.05, 3.63) is 54.6 Å². The van der Waals surface area contributed by atoms with E-state index in [4.69, 9.17) is 4.74 Å². The Morgan fingerprint density at radius 2 is 1.47 bits per heavy atom. The van der Waals surface area contributed by atoms with Crippen LogP contribution in [0, 0.1) is 5.41 Å². The van der Waals surface area contributed by atoms with Crippen LogP contribution in [0.15, 0.2) is 59.5 Å². The molecule has 0 N–H and O–H groups in total. The van der Waals surface area contributed by atoms with Gasteiger partial charge in [-0.2, -0.15) is 13.2 Å². The average molecular weight is 528 g/mol. The van der Waals surface area contributed by atoms with E-state index >= 15 is 0 Å². The second kappa shape index (κ2) is 11.7. The van der Waals surface area contributed by atoms with Crippen molar-refractivity contribution in [2.24, 2.45) is 5.41 Å². The summed E-state index contributed by atoms with van der Waals surface area (Å²) in [5.74, 6) is 0.265. The number of alkyl halides is 3. The van der Waals surface area contributed by atoms with Gasteiger partial charge in [-0.25, -0.2) is 8.42 Å². The zero-order chi connectivity index (χ0) is 27.2. The van der Waals surface area contributed by atoms with Crippen LogP contribution in [0.4, 0.5) is 18.9 Å². The van der Waals surface area contributed by atoms with Crippen LogP contribution in [-0.2, 0) is 14.6 Å². The SMILES string of the molecule is CCCC1(CCC)CCN(c2ccc(OC(C)(C)C(F)(F)F)cc2)C1=O.CS(=O)(=O)c1ccccc1. The Balaban J connectivity index is 0.000000380. The summed E-state index contributed by atoms with van der Waals surface area (Å²) < 4.78 is 65.6. The van der Waals surface area contributed by atoms with Gasteiger partial charge in [0.2, 0.25) is 5.91 Å². The molecule has 1 amide bonds. The fourth-order valence-electron chi connectivity index (χ4n) is 4.33. The van der Waals surface area contributed by atoms with E-state index in [0.29, 0.717) is 17.1 Å². The van der Waals surface area contributed by atoms with E-state index in [-0.39, 0.29) is 17.1 Å². The summed E-state index contributed by atoms with van der Waals surface area (Å²) in [6.07, 6.45) is 1.22. The molecule has 0 radical (unpaired) electrons. The molecular weight excluding hydrogens is 491 g/mol. The number of benzene rings is 2. The maximum Gasteiger partial charge on any atom is 0.427 e. The fourth-order valence-corrected chi connectivity index (χ4v) is 4.98. The van der Waals surface area contributed by atoms with Crippen LogP contribution in [0.1, 0.15) is 59.8 Å². The maximum absolute atomic E-state index is 13.0. The number of carbonyl (C=O) groups is 1. The van der Waals surface area contributed by atoms with Crippen molar-refractivity contribution in [3.63, 3.8) is 0 Å². The Labute approximate surface area is 212 Å². The summed E-state index contributed by atoms with van der Waals surface area (Å²) in [6.45, 7) is 6.81. The Morgan fingerprint density at radius 3 is 1.89 bits per heavy atom. The summed E-state index contributed by atoms with van der Waals surface area (Å²) >= 11 is 0. The molecule has 0 atom stereocenters. The third kappa shape index (κ3) is 7.24. The van der Waals surface area contributed by atoms with Crippen molar-refractivity contribution in [1.29, 1.82) is 0 Å². The minimum atomic E-state index is -4.46. The molecule has 1 fully saturated rings. The van der Waals surface area contributed by atoms with Gasteiger partial charge in [-0.1, -0.05) is 44.9 Å². The van der Waals surface area contributed by atoms with Gasteiger partial charge in [0.25, 0.3) is 0 Å². The molecule has 1 aliphatic heterocycles. The van der Waals surface area contributed by atoms with Gasteiger partial charge in [0.05, 0.1) is 10.3 Å². The highest BCUT2D eigenvalue weighted by atomic mass is 32.2. The van der Waals surface area contributed by atoms with Gasteiger partial charge in [-0.3, -0.25) is 4.79 Å². The van der Waals surface area contributed by atoms with E-state index < -0.39 is 21.6 Å². The van der Waals surface area contributed by atoms with Crippen LogP contribution in [0.3, 0.4) is 0 Å². The lowest BCUT2D eigenvalue weighted by molar-refractivity contribution is -0.234. The molecule has 36 heavy (non-hydrogen) atoms. The Morgan fingerprint density at radius 1 is 0.944 bits per heavy atom. The largest absolute Gasteiger partial charge is 0.478 e. The normalized spacial score (nSPS) is 15.9. The van der Waals surface area contributed by atoms with Crippen LogP contribution < -0.4 is 9.64 Å². The number of sulfone groups is 1. The lowest BCUT2D eigenvalue weighted by atomic mass is 9.78. The second-order valence-electron chi connectivity index (χ2n) is 9.68. The highest BCUT2D eigenvalue weighted by Gasteiger charge is 2.50. The Kier molecular flexibility index (Phi) is 9.62. The number of hydrogen-bond acceptors (Lipinski definition) is 4. The van der Waals surface area contributed by atoms with Gasteiger partial charge in [0.15, 0.2) is 15.4 Å². The zero-order valence-corrected chi connectivity index (χ0v) is 22.4. The first-order valence-corrected chi connectivity index (χ1v) is 14.0. The molecule has 0 aliphatic carbocycles. The van der Waals surface area contributed by atoms with Gasteiger partial charge in [-0.05, 0) is 69.5 Å². The monoisotopic (exact) mass is 527 g/mol. The van der Waals surface area contributed by atoms with Crippen LogP contribution in [0.5, 0.6) is 5.75 Å². The Hall–Kier alpha value is -2.55. The summed E-state index contributed by atoms with van der Waals surface area (Å²) in [5.41, 5.74) is -1.85. The molecule has 1 saturated heterocycles. The summed E-state index contributed by atoms with van der Waals surface area (Å²) in [7, 11) is -3.00. The molecule has 1 aliphatic rings. The molecule has 0 spiro atoms. The molecule has 0 saturated carbocycles. The number of carbonyl (C=O) groups excluding carboxylic acids is 1. The Bertz CT molecular complexity index is 1090. The fraction of sp³-hybridized carbons (Fsp3) is 0.519. The number of rotatable bonds is 8. The van der Waals surface area contributed by atoms with E-state index in [1.165, 1.54) is 18.4 Å². The van der Waals surface area contributed by atoms with Crippen LogP contribution in [0.25, 0.3) is 0 Å². The molecule has 2 aromatic rings. The highest BCUT2D eigenvalue weighted by Crippen LogP contribution is 2.43. The van der Waals surface area contributed by atoms with Crippen molar-refractivity contribution in [3.8, 4) is 5.75 Å². The van der Waals surface area contributed by atoms with Gasteiger partial charge in [0.1, 0.15) is 5.75 Å². The molecule has 5 nitrogen and oxygen atoms in total. The predicted octanol–water partition coefficient (Wildman–Crippen LogP) is 6.82. The van der Waals surface area contributed by atoms with Gasteiger partial charge in [-0.15, -0.1) is 0 Å². The average Bonchev–Trinajstić information content (AvgIpc) is 3.10. The number of nitrogens with zero attached hydrogens (tertiary/aromatic N) is 1. The predicted molar refractivity (Wildman–Crippen MR) is 136 cm³/mol. The lowest BCUT2D eigenvalue weighted by Crippen LogP contribution is -2.44. The first kappa shape index (κ1) is 29.7. The maximum atomic E-state index is 13.0. The molecule has 0 aromatic heterocycles. The van der Waals surface area contributed by atoms with Gasteiger partial charge >= 0.3 is 6.18 Å². The van der Waals surface area contributed by atoms with E-state index in [9.17, 15) is 26.4 Å². The first-order chi connectivity index (χ1) is 16.7. The molecule has 0 bridgehead atoms. The minimum Gasteiger partial charge on any atom is -0.478 e.